The van der Waals surface area contributed by atoms with E-state index in [9.17, 15) is 18.7 Å². The molecule has 2 rings (SSSR count). The molecule has 0 radical (unpaired) electrons. The summed E-state index contributed by atoms with van der Waals surface area (Å²) in [7, 11) is 1.51. The van der Waals surface area contributed by atoms with Crippen molar-refractivity contribution in [2.45, 2.75) is 37.8 Å². The Bertz CT molecular complexity index is 522. The van der Waals surface area contributed by atoms with Crippen LogP contribution in [0.4, 0.5) is 14.5 Å². The third-order valence-electron chi connectivity index (χ3n) is 3.83. The van der Waals surface area contributed by atoms with Gasteiger partial charge in [-0.3, -0.25) is 4.79 Å². The fourth-order valence-electron chi connectivity index (χ4n) is 2.61. The first-order valence-corrected chi connectivity index (χ1v) is 6.61. The minimum Gasteiger partial charge on any atom is -0.396 e. The first-order chi connectivity index (χ1) is 9.41. The molecule has 3 N–H and O–H groups in total. The summed E-state index contributed by atoms with van der Waals surface area (Å²) in [6.45, 7) is 0. The van der Waals surface area contributed by atoms with Crippen LogP contribution in [0, 0.1) is 11.6 Å². The quantitative estimate of drug-likeness (QED) is 0.815. The van der Waals surface area contributed by atoms with E-state index in [-0.39, 0.29) is 17.3 Å². The van der Waals surface area contributed by atoms with Crippen LogP contribution in [0.15, 0.2) is 12.1 Å². The van der Waals surface area contributed by atoms with E-state index in [1.807, 2.05) is 0 Å². The molecule has 0 aromatic heterocycles. The van der Waals surface area contributed by atoms with Crippen LogP contribution in [0.25, 0.3) is 0 Å². The Morgan fingerprint density at radius 2 is 1.95 bits per heavy atom. The van der Waals surface area contributed by atoms with Gasteiger partial charge in [0.2, 0.25) is 0 Å². The van der Waals surface area contributed by atoms with Crippen LogP contribution in [0.1, 0.15) is 36.0 Å². The molecule has 4 nitrogen and oxygen atoms in total. The van der Waals surface area contributed by atoms with Gasteiger partial charge in [0.05, 0.1) is 23.4 Å². The molecule has 2 unspecified atom stereocenters. The van der Waals surface area contributed by atoms with Gasteiger partial charge in [0.15, 0.2) is 0 Å². The molecule has 1 aromatic carbocycles. The van der Waals surface area contributed by atoms with Gasteiger partial charge in [0.1, 0.15) is 11.6 Å². The van der Waals surface area contributed by atoms with Crippen molar-refractivity contribution >= 4 is 11.6 Å². The van der Waals surface area contributed by atoms with Crippen LogP contribution in [-0.2, 0) is 0 Å². The van der Waals surface area contributed by atoms with Crippen LogP contribution in [0.2, 0.25) is 0 Å². The van der Waals surface area contributed by atoms with Crippen LogP contribution >= 0.6 is 0 Å². The van der Waals surface area contributed by atoms with Gasteiger partial charge in [-0.15, -0.1) is 0 Å². The number of aliphatic hydroxyl groups is 1. The number of carbonyl (C=O) groups excluding carboxylic acids is 1. The molecule has 6 heteroatoms. The first-order valence-electron chi connectivity index (χ1n) is 6.61. The second-order valence-electron chi connectivity index (χ2n) is 5.19. The lowest BCUT2D eigenvalue weighted by molar-refractivity contribution is 0.0265. The summed E-state index contributed by atoms with van der Waals surface area (Å²) in [5.41, 5.74) is 4.83. The number of benzene rings is 1. The summed E-state index contributed by atoms with van der Waals surface area (Å²) in [5.74, 6) is -2.43. The maximum absolute atomic E-state index is 13.7. The lowest BCUT2D eigenvalue weighted by atomic mass is 9.91. The van der Waals surface area contributed by atoms with Crippen LogP contribution in [0.3, 0.4) is 0 Å². The number of amides is 1. The highest BCUT2D eigenvalue weighted by molar-refractivity contribution is 5.95. The van der Waals surface area contributed by atoms with Crippen molar-refractivity contribution in [3.8, 4) is 0 Å². The van der Waals surface area contributed by atoms with E-state index in [2.05, 4.69) is 0 Å². The zero-order valence-corrected chi connectivity index (χ0v) is 11.3. The second-order valence-corrected chi connectivity index (χ2v) is 5.19. The van der Waals surface area contributed by atoms with Gasteiger partial charge in [-0.25, -0.2) is 8.78 Å². The molecule has 20 heavy (non-hydrogen) atoms. The zero-order chi connectivity index (χ0) is 14.9. The molecule has 110 valence electrons. The molecule has 1 aromatic rings. The van der Waals surface area contributed by atoms with Crippen molar-refractivity contribution in [1.82, 2.24) is 4.90 Å². The van der Waals surface area contributed by atoms with Crippen LogP contribution < -0.4 is 5.73 Å². The molecule has 0 spiro atoms. The summed E-state index contributed by atoms with van der Waals surface area (Å²) in [6, 6.07) is 1.26. The van der Waals surface area contributed by atoms with Crippen molar-refractivity contribution in [2.24, 2.45) is 0 Å². The molecule has 0 heterocycles. The van der Waals surface area contributed by atoms with Gasteiger partial charge in [-0.2, -0.15) is 0 Å². The Balaban J connectivity index is 2.24. The van der Waals surface area contributed by atoms with E-state index < -0.39 is 23.6 Å². The van der Waals surface area contributed by atoms with Gasteiger partial charge >= 0.3 is 0 Å². The van der Waals surface area contributed by atoms with E-state index in [0.29, 0.717) is 18.9 Å². The standard InChI is InChI=1S/C14H18F2N2O2/c1-18(12-4-2-3-5-13(12)19)14(20)8-6-11(17)10(16)7-9(8)15/h6-7,12-13,19H,2-5,17H2,1H3. The summed E-state index contributed by atoms with van der Waals surface area (Å²) >= 11 is 0. The average molecular weight is 284 g/mol. The largest absolute Gasteiger partial charge is 0.396 e. The number of rotatable bonds is 2. The normalized spacial score (nSPS) is 22.6. The lowest BCUT2D eigenvalue weighted by Gasteiger charge is -2.35. The summed E-state index contributed by atoms with van der Waals surface area (Å²) in [6.07, 6.45) is 2.50. The molecule has 1 aliphatic rings. The van der Waals surface area contributed by atoms with E-state index in [4.69, 9.17) is 5.73 Å². The highest BCUT2D eigenvalue weighted by Crippen LogP contribution is 2.25. The number of anilines is 1. The number of likely N-dealkylation sites (N-methyl/N-ethyl adjacent to an activating group) is 1. The Labute approximate surface area is 116 Å². The number of hydrogen-bond acceptors (Lipinski definition) is 3. The summed E-state index contributed by atoms with van der Waals surface area (Å²) < 4.78 is 26.8. The number of nitrogens with two attached hydrogens (primary N) is 1. The Hall–Kier alpha value is -1.69. The van der Waals surface area contributed by atoms with E-state index >= 15 is 0 Å². The monoisotopic (exact) mass is 284 g/mol. The number of hydrogen-bond donors (Lipinski definition) is 2. The highest BCUT2D eigenvalue weighted by atomic mass is 19.1. The van der Waals surface area contributed by atoms with Crippen LogP contribution in [0.5, 0.6) is 0 Å². The molecular weight excluding hydrogens is 266 g/mol. The van der Waals surface area contributed by atoms with Crippen molar-refractivity contribution in [3.05, 3.63) is 29.3 Å². The van der Waals surface area contributed by atoms with Crippen molar-refractivity contribution in [1.29, 1.82) is 0 Å². The van der Waals surface area contributed by atoms with E-state index in [1.54, 1.807) is 0 Å². The third-order valence-corrected chi connectivity index (χ3v) is 3.83. The van der Waals surface area contributed by atoms with Crippen molar-refractivity contribution in [2.75, 3.05) is 12.8 Å². The molecular formula is C14H18F2N2O2. The molecule has 1 saturated carbocycles. The summed E-state index contributed by atoms with van der Waals surface area (Å²) in [4.78, 5) is 13.6. The van der Waals surface area contributed by atoms with E-state index in [1.165, 1.54) is 11.9 Å². The van der Waals surface area contributed by atoms with Crippen LogP contribution in [-0.4, -0.2) is 35.1 Å². The number of nitrogens with zero attached hydrogens (tertiary/aromatic N) is 1. The fraction of sp³-hybridized carbons (Fsp3) is 0.500. The molecule has 0 bridgehead atoms. The predicted molar refractivity (Wildman–Crippen MR) is 71.1 cm³/mol. The maximum Gasteiger partial charge on any atom is 0.256 e. The number of halogens is 2. The summed E-state index contributed by atoms with van der Waals surface area (Å²) in [5, 5.41) is 9.93. The Morgan fingerprint density at radius 3 is 2.60 bits per heavy atom. The fourth-order valence-corrected chi connectivity index (χ4v) is 2.61. The van der Waals surface area contributed by atoms with Gasteiger partial charge < -0.3 is 15.7 Å². The van der Waals surface area contributed by atoms with Gasteiger partial charge in [0, 0.05) is 13.1 Å². The zero-order valence-electron chi connectivity index (χ0n) is 11.3. The number of aliphatic hydroxyl groups excluding tert-OH is 1. The minimum absolute atomic E-state index is 0.271. The van der Waals surface area contributed by atoms with Gasteiger partial charge in [-0.1, -0.05) is 12.8 Å². The first kappa shape index (κ1) is 14.7. The number of nitrogen functional groups attached to an aromatic ring is 1. The molecule has 2 atom stereocenters. The minimum atomic E-state index is -0.946. The third kappa shape index (κ3) is 2.75. The Kier molecular flexibility index (Phi) is 4.23. The van der Waals surface area contributed by atoms with Gasteiger partial charge in [0.25, 0.3) is 5.91 Å². The maximum atomic E-state index is 13.7. The van der Waals surface area contributed by atoms with E-state index in [0.717, 1.165) is 18.9 Å². The lowest BCUT2D eigenvalue weighted by Crippen LogP contribution is -2.46. The topological polar surface area (TPSA) is 66.6 Å². The number of carbonyl (C=O) groups is 1. The highest BCUT2D eigenvalue weighted by Gasteiger charge is 2.31. The molecule has 1 amide bonds. The molecule has 0 aliphatic heterocycles. The molecule has 1 aliphatic carbocycles. The molecule has 0 saturated heterocycles. The smallest absolute Gasteiger partial charge is 0.256 e. The second kappa shape index (κ2) is 5.75. The molecule has 1 fully saturated rings. The average Bonchev–Trinajstić information content (AvgIpc) is 2.42. The van der Waals surface area contributed by atoms with Crippen molar-refractivity contribution < 1.29 is 18.7 Å². The Morgan fingerprint density at radius 1 is 1.30 bits per heavy atom. The predicted octanol–water partition coefficient (Wildman–Crippen LogP) is 1.92. The van der Waals surface area contributed by atoms with Crippen molar-refractivity contribution in [3.63, 3.8) is 0 Å². The SMILES string of the molecule is CN(C(=O)c1cc(N)c(F)cc1F)C1CCCCC1O. The van der Waals surface area contributed by atoms with Gasteiger partial charge in [-0.05, 0) is 18.9 Å².